The molecular formula is C14H20N4O. The van der Waals surface area contributed by atoms with E-state index in [0.717, 1.165) is 50.3 Å². The van der Waals surface area contributed by atoms with Crippen molar-refractivity contribution in [2.24, 2.45) is 5.92 Å². The number of aryl methyl sites for hydroxylation is 2. The molecule has 0 unspecified atom stereocenters. The molecule has 2 heterocycles. The van der Waals surface area contributed by atoms with Crippen molar-refractivity contribution in [2.75, 3.05) is 0 Å². The van der Waals surface area contributed by atoms with Crippen molar-refractivity contribution in [3.8, 4) is 0 Å². The van der Waals surface area contributed by atoms with Crippen molar-refractivity contribution in [1.29, 1.82) is 0 Å². The van der Waals surface area contributed by atoms with Gasteiger partial charge in [0.25, 0.3) is 0 Å². The molecule has 0 spiro atoms. The second-order valence-corrected chi connectivity index (χ2v) is 5.50. The molecule has 1 aromatic heterocycles. The Bertz CT molecular complexity index is 506. The van der Waals surface area contributed by atoms with E-state index in [4.69, 9.17) is 0 Å². The van der Waals surface area contributed by atoms with Crippen molar-refractivity contribution in [3.63, 3.8) is 0 Å². The Morgan fingerprint density at radius 3 is 3.05 bits per heavy atom. The molecular weight excluding hydrogens is 240 g/mol. The van der Waals surface area contributed by atoms with Crippen LogP contribution in [0.2, 0.25) is 0 Å². The molecule has 0 bridgehead atoms. The molecule has 0 aromatic carbocycles. The lowest BCUT2D eigenvalue weighted by atomic mass is 9.93. The zero-order chi connectivity index (χ0) is 13.2. The predicted molar refractivity (Wildman–Crippen MR) is 71.5 cm³/mol. The van der Waals surface area contributed by atoms with Crippen molar-refractivity contribution in [1.82, 2.24) is 20.1 Å². The van der Waals surface area contributed by atoms with Crippen LogP contribution in [0.1, 0.15) is 37.3 Å². The topological polar surface area (TPSA) is 59.8 Å². The van der Waals surface area contributed by atoms with Gasteiger partial charge in [0.1, 0.15) is 11.6 Å². The molecule has 1 aromatic rings. The first-order valence-corrected chi connectivity index (χ1v) is 7.08. The monoisotopic (exact) mass is 260 g/mol. The van der Waals surface area contributed by atoms with E-state index < -0.39 is 0 Å². The van der Waals surface area contributed by atoms with Gasteiger partial charge in [-0.05, 0) is 32.6 Å². The van der Waals surface area contributed by atoms with Crippen LogP contribution in [0.5, 0.6) is 0 Å². The third-order valence-electron chi connectivity index (χ3n) is 4.12. The summed E-state index contributed by atoms with van der Waals surface area (Å²) in [7, 11) is 0. The van der Waals surface area contributed by atoms with Crippen molar-refractivity contribution >= 4 is 5.91 Å². The second kappa shape index (κ2) is 5.15. The molecule has 19 heavy (non-hydrogen) atoms. The standard InChI is InChI=1S/C14H20N4O/c1-10-16-17-13-8-7-12(9-18(10)13)15-14(19)11-5-3-2-4-6-11/h2-3,11-12H,4-9H2,1H3,(H,15,19)/t11-,12-/m0/s1. The summed E-state index contributed by atoms with van der Waals surface area (Å²) in [6, 6.07) is 0.223. The van der Waals surface area contributed by atoms with Gasteiger partial charge in [-0.25, -0.2) is 0 Å². The van der Waals surface area contributed by atoms with Crippen molar-refractivity contribution in [2.45, 2.75) is 51.6 Å². The van der Waals surface area contributed by atoms with E-state index in [9.17, 15) is 4.79 Å². The number of hydrogen-bond acceptors (Lipinski definition) is 3. The van der Waals surface area contributed by atoms with Crippen molar-refractivity contribution in [3.05, 3.63) is 23.8 Å². The van der Waals surface area contributed by atoms with Crippen LogP contribution in [-0.4, -0.2) is 26.7 Å². The minimum Gasteiger partial charge on any atom is -0.351 e. The number of allylic oxidation sites excluding steroid dienone is 2. The molecule has 1 aliphatic heterocycles. The first kappa shape index (κ1) is 12.4. The molecule has 2 atom stereocenters. The Balaban J connectivity index is 1.61. The number of fused-ring (bicyclic) bond motifs is 1. The number of nitrogens with one attached hydrogen (secondary N) is 1. The number of carbonyl (C=O) groups is 1. The summed E-state index contributed by atoms with van der Waals surface area (Å²) in [5.74, 6) is 2.36. The van der Waals surface area contributed by atoms with Gasteiger partial charge in [-0.3, -0.25) is 4.79 Å². The van der Waals surface area contributed by atoms with Gasteiger partial charge < -0.3 is 9.88 Å². The van der Waals surface area contributed by atoms with E-state index in [0.29, 0.717) is 0 Å². The summed E-state index contributed by atoms with van der Waals surface area (Å²) in [5.41, 5.74) is 0. The van der Waals surface area contributed by atoms with Gasteiger partial charge in [-0.1, -0.05) is 12.2 Å². The number of hydrogen-bond donors (Lipinski definition) is 1. The van der Waals surface area contributed by atoms with Gasteiger partial charge in [0.05, 0.1) is 0 Å². The van der Waals surface area contributed by atoms with E-state index in [1.165, 1.54) is 0 Å². The van der Waals surface area contributed by atoms with Crippen LogP contribution in [0.25, 0.3) is 0 Å². The highest BCUT2D eigenvalue weighted by atomic mass is 16.1. The quantitative estimate of drug-likeness (QED) is 0.817. The number of rotatable bonds is 2. The van der Waals surface area contributed by atoms with Gasteiger partial charge in [-0.2, -0.15) is 0 Å². The van der Waals surface area contributed by atoms with E-state index in [2.05, 4.69) is 32.2 Å². The Morgan fingerprint density at radius 2 is 2.26 bits per heavy atom. The summed E-state index contributed by atoms with van der Waals surface area (Å²) < 4.78 is 2.12. The Morgan fingerprint density at radius 1 is 1.37 bits per heavy atom. The van der Waals surface area contributed by atoms with E-state index in [1.54, 1.807) is 0 Å². The smallest absolute Gasteiger partial charge is 0.223 e. The van der Waals surface area contributed by atoms with Gasteiger partial charge in [0.2, 0.25) is 5.91 Å². The van der Waals surface area contributed by atoms with E-state index in [-0.39, 0.29) is 17.9 Å². The minimum atomic E-state index is 0.161. The SMILES string of the molecule is Cc1nnc2n1C[C@@H](NC(=O)[C@H]1CC=CCC1)CC2. The van der Waals surface area contributed by atoms with Crippen LogP contribution in [0, 0.1) is 12.8 Å². The maximum atomic E-state index is 12.2. The summed E-state index contributed by atoms with van der Waals surface area (Å²) >= 11 is 0. The summed E-state index contributed by atoms with van der Waals surface area (Å²) in [4.78, 5) is 12.2. The normalized spacial score (nSPS) is 25.9. The van der Waals surface area contributed by atoms with Gasteiger partial charge in [-0.15, -0.1) is 10.2 Å². The number of nitrogens with zero attached hydrogens (tertiary/aromatic N) is 3. The Kier molecular flexibility index (Phi) is 3.36. The fourth-order valence-electron chi connectivity index (χ4n) is 2.93. The van der Waals surface area contributed by atoms with Crippen LogP contribution in [0.4, 0.5) is 0 Å². The first-order valence-electron chi connectivity index (χ1n) is 7.08. The average Bonchev–Trinajstić information content (AvgIpc) is 2.81. The van der Waals surface area contributed by atoms with Gasteiger partial charge in [0.15, 0.2) is 0 Å². The maximum Gasteiger partial charge on any atom is 0.223 e. The lowest BCUT2D eigenvalue weighted by Crippen LogP contribution is -2.44. The molecule has 1 N–H and O–H groups in total. The molecule has 1 amide bonds. The predicted octanol–water partition coefficient (Wildman–Crippen LogP) is 1.37. The molecule has 2 aliphatic rings. The summed E-state index contributed by atoms with van der Waals surface area (Å²) in [6.45, 7) is 2.77. The molecule has 0 radical (unpaired) electrons. The third-order valence-corrected chi connectivity index (χ3v) is 4.12. The molecule has 1 aliphatic carbocycles. The minimum absolute atomic E-state index is 0.161. The largest absolute Gasteiger partial charge is 0.351 e. The zero-order valence-electron chi connectivity index (χ0n) is 11.3. The van der Waals surface area contributed by atoms with Gasteiger partial charge >= 0.3 is 0 Å². The molecule has 5 nitrogen and oxygen atoms in total. The second-order valence-electron chi connectivity index (χ2n) is 5.50. The molecule has 5 heteroatoms. The fraction of sp³-hybridized carbons (Fsp3) is 0.643. The van der Waals surface area contributed by atoms with Crippen LogP contribution >= 0.6 is 0 Å². The molecule has 0 fully saturated rings. The van der Waals surface area contributed by atoms with Crippen LogP contribution in [-0.2, 0) is 17.8 Å². The lowest BCUT2D eigenvalue weighted by molar-refractivity contribution is -0.126. The molecule has 0 saturated carbocycles. The number of amides is 1. The summed E-state index contributed by atoms with van der Waals surface area (Å²) in [6.07, 6.45) is 9.04. The van der Waals surface area contributed by atoms with Crippen LogP contribution < -0.4 is 5.32 Å². The highest BCUT2D eigenvalue weighted by molar-refractivity contribution is 5.79. The molecule has 102 valence electrons. The summed E-state index contributed by atoms with van der Waals surface area (Å²) in [5, 5.41) is 11.4. The highest BCUT2D eigenvalue weighted by Gasteiger charge is 2.25. The number of carbonyl (C=O) groups excluding carboxylic acids is 1. The Labute approximate surface area is 113 Å². The van der Waals surface area contributed by atoms with Gasteiger partial charge in [0, 0.05) is 24.9 Å². The third kappa shape index (κ3) is 2.55. The fourth-order valence-corrected chi connectivity index (χ4v) is 2.93. The number of aromatic nitrogens is 3. The molecule has 0 saturated heterocycles. The maximum absolute atomic E-state index is 12.2. The first-order chi connectivity index (χ1) is 9.24. The van der Waals surface area contributed by atoms with Crippen molar-refractivity contribution < 1.29 is 4.79 Å². The highest BCUT2D eigenvalue weighted by Crippen LogP contribution is 2.20. The van der Waals surface area contributed by atoms with E-state index >= 15 is 0 Å². The Hall–Kier alpha value is -1.65. The van der Waals surface area contributed by atoms with Crippen LogP contribution in [0.15, 0.2) is 12.2 Å². The lowest BCUT2D eigenvalue weighted by Gasteiger charge is -2.27. The molecule has 3 rings (SSSR count). The van der Waals surface area contributed by atoms with Crippen LogP contribution in [0.3, 0.4) is 0 Å². The zero-order valence-corrected chi connectivity index (χ0v) is 11.3. The van der Waals surface area contributed by atoms with E-state index in [1.807, 2.05) is 6.92 Å². The average molecular weight is 260 g/mol.